The molecule has 4 nitrogen and oxygen atoms in total. The molecule has 0 radical (unpaired) electrons. The van der Waals surface area contributed by atoms with Gasteiger partial charge >= 0.3 is 5.97 Å². The van der Waals surface area contributed by atoms with Crippen LogP contribution in [0.5, 0.6) is 11.5 Å². The number of ether oxygens (including phenoxy) is 2. The lowest BCUT2D eigenvalue weighted by Crippen LogP contribution is -1.97. The Hall–Kier alpha value is -2.23. The summed E-state index contributed by atoms with van der Waals surface area (Å²) in [6.45, 7) is 4.42. The van der Waals surface area contributed by atoms with Crippen LogP contribution < -0.4 is 9.47 Å². The number of rotatable bonds is 6. The largest absolute Gasteiger partial charge is 0.497 e. The van der Waals surface area contributed by atoms with Crippen molar-refractivity contribution in [2.75, 3.05) is 13.7 Å². The predicted molar refractivity (Wildman–Crippen MR) is 74.6 cm³/mol. The second-order valence-corrected chi connectivity index (χ2v) is 4.17. The third kappa shape index (κ3) is 5.29. The van der Waals surface area contributed by atoms with Crippen LogP contribution in [-0.2, 0) is 4.79 Å². The van der Waals surface area contributed by atoms with Crippen LogP contribution in [0, 0.1) is 0 Å². The van der Waals surface area contributed by atoms with Crippen LogP contribution >= 0.6 is 0 Å². The first-order valence-corrected chi connectivity index (χ1v) is 5.88. The quantitative estimate of drug-likeness (QED) is 0.632. The number of hydrogen-bond acceptors (Lipinski definition) is 3. The molecule has 19 heavy (non-hydrogen) atoms. The molecule has 0 saturated heterocycles. The van der Waals surface area contributed by atoms with E-state index < -0.39 is 5.97 Å². The first kappa shape index (κ1) is 14.8. The highest BCUT2D eigenvalue weighted by Crippen LogP contribution is 2.25. The van der Waals surface area contributed by atoms with Crippen molar-refractivity contribution in [2.24, 2.45) is 0 Å². The van der Waals surface area contributed by atoms with Gasteiger partial charge in [0.15, 0.2) is 0 Å². The van der Waals surface area contributed by atoms with Crippen LogP contribution in [0.3, 0.4) is 0 Å². The topological polar surface area (TPSA) is 55.8 Å². The molecule has 0 aliphatic heterocycles. The molecule has 1 aromatic carbocycles. The van der Waals surface area contributed by atoms with Gasteiger partial charge in [0.25, 0.3) is 0 Å². The summed E-state index contributed by atoms with van der Waals surface area (Å²) in [7, 11) is 1.56. The molecule has 0 saturated carbocycles. The third-order valence-corrected chi connectivity index (χ3v) is 2.35. The van der Waals surface area contributed by atoms with Crippen molar-refractivity contribution in [3.63, 3.8) is 0 Å². The van der Waals surface area contributed by atoms with E-state index >= 15 is 0 Å². The Morgan fingerprint density at radius 3 is 2.68 bits per heavy atom. The van der Waals surface area contributed by atoms with Crippen LogP contribution in [0.1, 0.15) is 19.4 Å². The molecule has 0 fully saturated rings. The number of aliphatic carboxylic acids is 1. The number of carboxylic acid groups (broad SMARTS) is 1. The summed E-state index contributed by atoms with van der Waals surface area (Å²) in [5.74, 6) is 0.272. The van der Waals surface area contributed by atoms with Crippen LogP contribution in [0.4, 0.5) is 0 Å². The van der Waals surface area contributed by atoms with Gasteiger partial charge in [-0.2, -0.15) is 0 Å². The minimum absolute atomic E-state index is 0.447. The lowest BCUT2D eigenvalue weighted by Gasteiger charge is -2.09. The number of methoxy groups -OCH3 is 1. The summed E-state index contributed by atoms with van der Waals surface area (Å²) in [5.41, 5.74) is 1.83. The van der Waals surface area contributed by atoms with Crippen molar-refractivity contribution in [1.29, 1.82) is 0 Å². The van der Waals surface area contributed by atoms with E-state index in [9.17, 15) is 4.79 Å². The highest BCUT2D eigenvalue weighted by Gasteiger charge is 2.03. The fourth-order valence-electron chi connectivity index (χ4n) is 1.37. The Kier molecular flexibility index (Phi) is 5.67. The van der Waals surface area contributed by atoms with E-state index in [0.717, 1.165) is 11.6 Å². The summed E-state index contributed by atoms with van der Waals surface area (Å²) in [6.07, 6.45) is 4.51. The monoisotopic (exact) mass is 262 g/mol. The Labute approximate surface area is 113 Å². The van der Waals surface area contributed by atoms with E-state index in [4.69, 9.17) is 14.6 Å². The summed E-state index contributed by atoms with van der Waals surface area (Å²) in [5, 5.41) is 8.67. The van der Waals surface area contributed by atoms with Gasteiger partial charge in [-0.05, 0) is 44.2 Å². The molecule has 0 unspecified atom stereocenters. The molecular weight excluding hydrogens is 244 g/mol. The molecule has 0 amide bonds. The molecule has 1 rings (SSSR count). The highest BCUT2D eigenvalue weighted by molar-refractivity contribution is 5.86. The second kappa shape index (κ2) is 7.26. The zero-order chi connectivity index (χ0) is 14.3. The molecule has 1 aromatic rings. The van der Waals surface area contributed by atoms with Crippen molar-refractivity contribution < 1.29 is 19.4 Å². The molecule has 102 valence electrons. The van der Waals surface area contributed by atoms with Gasteiger partial charge in [0.2, 0.25) is 0 Å². The lowest BCUT2D eigenvalue weighted by atomic mass is 10.1. The average Bonchev–Trinajstić information content (AvgIpc) is 2.36. The highest BCUT2D eigenvalue weighted by atomic mass is 16.5. The molecule has 0 atom stereocenters. The van der Waals surface area contributed by atoms with Crippen LogP contribution in [0.15, 0.2) is 35.9 Å². The minimum atomic E-state index is -1.00. The summed E-state index contributed by atoms with van der Waals surface area (Å²) >= 11 is 0. The first-order chi connectivity index (χ1) is 9.02. The van der Waals surface area contributed by atoms with Gasteiger partial charge in [0.1, 0.15) is 18.1 Å². The predicted octanol–water partition coefficient (Wildman–Crippen LogP) is 3.14. The Balaban J connectivity index is 2.94. The standard InChI is InChI=1S/C15H18O4/c1-11(2)8-9-19-14-6-5-13(18-3)10-12(14)4-7-15(16)17/h4-8,10H,9H2,1-3H3,(H,16,17)/b7-4+. The van der Waals surface area contributed by atoms with E-state index in [1.54, 1.807) is 25.3 Å². The molecule has 0 bridgehead atoms. The molecule has 0 aliphatic rings. The molecule has 1 N–H and O–H groups in total. The molecule has 0 aliphatic carbocycles. The zero-order valence-electron chi connectivity index (χ0n) is 11.3. The van der Waals surface area contributed by atoms with E-state index in [-0.39, 0.29) is 0 Å². The minimum Gasteiger partial charge on any atom is -0.497 e. The fraction of sp³-hybridized carbons (Fsp3) is 0.267. The molecule has 0 spiro atoms. The Morgan fingerprint density at radius 2 is 2.11 bits per heavy atom. The van der Waals surface area contributed by atoms with E-state index in [1.165, 1.54) is 6.08 Å². The van der Waals surface area contributed by atoms with Crippen molar-refractivity contribution in [2.45, 2.75) is 13.8 Å². The van der Waals surface area contributed by atoms with Gasteiger partial charge in [-0.25, -0.2) is 4.79 Å². The Morgan fingerprint density at radius 1 is 1.37 bits per heavy atom. The van der Waals surface area contributed by atoms with Gasteiger partial charge < -0.3 is 14.6 Å². The maximum Gasteiger partial charge on any atom is 0.328 e. The van der Waals surface area contributed by atoms with Gasteiger partial charge in [-0.15, -0.1) is 0 Å². The second-order valence-electron chi connectivity index (χ2n) is 4.17. The number of carbonyl (C=O) groups is 1. The van der Waals surface area contributed by atoms with Crippen molar-refractivity contribution >= 4 is 12.0 Å². The molecule has 0 heterocycles. The van der Waals surface area contributed by atoms with Crippen LogP contribution in [0.25, 0.3) is 6.08 Å². The number of benzene rings is 1. The molecule has 0 aromatic heterocycles. The number of carboxylic acids is 1. The molecule has 4 heteroatoms. The molecular formula is C15H18O4. The summed E-state index contributed by atoms with van der Waals surface area (Å²) in [6, 6.07) is 5.27. The van der Waals surface area contributed by atoms with E-state index in [1.807, 2.05) is 19.9 Å². The van der Waals surface area contributed by atoms with E-state index in [2.05, 4.69) is 0 Å². The van der Waals surface area contributed by atoms with Crippen molar-refractivity contribution in [1.82, 2.24) is 0 Å². The number of allylic oxidation sites excluding steroid dienone is 1. The Bertz CT molecular complexity index is 497. The van der Waals surface area contributed by atoms with Crippen molar-refractivity contribution in [3.8, 4) is 11.5 Å². The summed E-state index contributed by atoms with van der Waals surface area (Å²) in [4.78, 5) is 10.6. The van der Waals surface area contributed by atoms with Crippen LogP contribution in [0.2, 0.25) is 0 Å². The normalized spacial score (nSPS) is 10.3. The fourth-order valence-corrected chi connectivity index (χ4v) is 1.37. The zero-order valence-corrected chi connectivity index (χ0v) is 11.3. The van der Waals surface area contributed by atoms with Gasteiger partial charge in [-0.3, -0.25) is 0 Å². The lowest BCUT2D eigenvalue weighted by molar-refractivity contribution is -0.131. The van der Waals surface area contributed by atoms with Gasteiger partial charge in [0, 0.05) is 11.6 Å². The third-order valence-electron chi connectivity index (χ3n) is 2.35. The van der Waals surface area contributed by atoms with Crippen molar-refractivity contribution in [3.05, 3.63) is 41.5 Å². The smallest absolute Gasteiger partial charge is 0.328 e. The maximum atomic E-state index is 10.6. The van der Waals surface area contributed by atoms with Gasteiger partial charge in [0.05, 0.1) is 7.11 Å². The van der Waals surface area contributed by atoms with E-state index in [0.29, 0.717) is 23.7 Å². The maximum absolute atomic E-state index is 10.6. The number of hydrogen-bond donors (Lipinski definition) is 1. The average molecular weight is 262 g/mol. The summed E-state index contributed by atoms with van der Waals surface area (Å²) < 4.78 is 10.7. The van der Waals surface area contributed by atoms with Crippen LogP contribution in [-0.4, -0.2) is 24.8 Å². The SMILES string of the molecule is COc1ccc(OCC=C(C)C)c(/C=C/C(=O)O)c1. The van der Waals surface area contributed by atoms with Gasteiger partial charge in [-0.1, -0.05) is 5.57 Å². The first-order valence-electron chi connectivity index (χ1n) is 5.88.